The van der Waals surface area contributed by atoms with Crippen LogP contribution in [0.4, 0.5) is 5.69 Å². The summed E-state index contributed by atoms with van der Waals surface area (Å²) in [5.74, 6) is -0.00693. The fourth-order valence-corrected chi connectivity index (χ4v) is 3.56. The van der Waals surface area contributed by atoms with E-state index in [-0.39, 0.29) is 22.8 Å². The zero-order valence-electron chi connectivity index (χ0n) is 16.2. The van der Waals surface area contributed by atoms with Crippen LogP contribution in [-0.2, 0) is 16.6 Å². The number of furan rings is 1. The summed E-state index contributed by atoms with van der Waals surface area (Å²) in [6.45, 7) is 1.96. The molecule has 3 rings (SSSR count). The SMILES string of the molecule is Cc1ccc(S(=O)(=O)N(C)C)cc1NC(=O)c1ccc(Cn2ccccc2=O)o1. The molecule has 9 heteroatoms. The second kappa shape index (κ2) is 8.06. The molecule has 0 saturated carbocycles. The molecular formula is C20H21N3O5S. The Balaban J connectivity index is 1.80. The van der Waals surface area contributed by atoms with Crippen LogP contribution in [0.3, 0.4) is 0 Å². The van der Waals surface area contributed by atoms with Crippen LogP contribution in [0.25, 0.3) is 0 Å². The molecule has 0 fully saturated rings. The van der Waals surface area contributed by atoms with Gasteiger partial charge in [0.05, 0.1) is 11.4 Å². The maximum atomic E-state index is 12.6. The van der Waals surface area contributed by atoms with E-state index in [1.165, 1.54) is 42.9 Å². The molecule has 1 N–H and O–H groups in total. The Morgan fingerprint density at radius 1 is 1.14 bits per heavy atom. The number of nitrogens with one attached hydrogen (secondary N) is 1. The largest absolute Gasteiger partial charge is 0.454 e. The van der Waals surface area contributed by atoms with E-state index in [9.17, 15) is 18.0 Å². The third kappa shape index (κ3) is 4.47. The van der Waals surface area contributed by atoms with E-state index in [0.717, 1.165) is 4.31 Å². The van der Waals surface area contributed by atoms with Crippen LogP contribution in [0.5, 0.6) is 0 Å². The Hall–Kier alpha value is -3.17. The Bertz CT molecular complexity index is 1210. The lowest BCUT2D eigenvalue weighted by molar-refractivity contribution is 0.0994. The van der Waals surface area contributed by atoms with Crippen molar-refractivity contribution in [3.8, 4) is 0 Å². The molecule has 2 aromatic heterocycles. The van der Waals surface area contributed by atoms with Crippen molar-refractivity contribution < 1.29 is 17.6 Å². The topological polar surface area (TPSA) is 102 Å². The molecule has 3 aromatic rings. The molecule has 29 heavy (non-hydrogen) atoms. The number of aromatic nitrogens is 1. The molecule has 8 nitrogen and oxygen atoms in total. The molecule has 0 radical (unpaired) electrons. The van der Waals surface area contributed by atoms with Gasteiger partial charge in [0.2, 0.25) is 10.0 Å². The van der Waals surface area contributed by atoms with Crippen molar-refractivity contribution in [1.82, 2.24) is 8.87 Å². The second-order valence-electron chi connectivity index (χ2n) is 6.65. The minimum absolute atomic E-state index is 0.0595. The van der Waals surface area contributed by atoms with E-state index in [0.29, 0.717) is 17.0 Å². The summed E-state index contributed by atoms with van der Waals surface area (Å²) in [6.07, 6.45) is 1.63. The molecular weight excluding hydrogens is 394 g/mol. The van der Waals surface area contributed by atoms with Crippen LogP contribution in [0.2, 0.25) is 0 Å². The van der Waals surface area contributed by atoms with Crippen molar-refractivity contribution in [2.45, 2.75) is 18.4 Å². The molecule has 0 aliphatic rings. The predicted octanol–water partition coefficient (Wildman–Crippen LogP) is 2.30. The zero-order chi connectivity index (χ0) is 21.2. The quantitative estimate of drug-likeness (QED) is 0.666. The van der Waals surface area contributed by atoms with Crippen LogP contribution in [0, 0.1) is 6.92 Å². The summed E-state index contributed by atoms with van der Waals surface area (Å²) in [5.41, 5.74) is 0.901. The molecule has 2 heterocycles. The van der Waals surface area contributed by atoms with Crippen molar-refractivity contribution in [2.75, 3.05) is 19.4 Å². The van der Waals surface area contributed by atoms with E-state index in [1.807, 2.05) is 0 Å². The third-order valence-electron chi connectivity index (χ3n) is 4.35. The minimum atomic E-state index is -3.62. The van der Waals surface area contributed by atoms with E-state index < -0.39 is 15.9 Å². The average Bonchev–Trinajstić information content (AvgIpc) is 3.14. The van der Waals surface area contributed by atoms with Crippen LogP contribution in [0.1, 0.15) is 21.9 Å². The van der Waals surface area contributed by atoms with Gasteiger partial charge in [-0.15, -0.1) is 0 Å². The van der Waals surface area contributed by atoms with Gasteiger partial charge in [0.25, 0.3) is 11.5 Å². The van der Waals surface area contributed by atoms with Gasteiger partial charge in [-0.1, -0.05) is 12.1 Å². The molecule has 0 aliphatic heterocycles. The summed E-state index contributed by atoms with van der Waals surface area (Å²) in [5, 5.41) is 2.68. The summed E-state index contributed by atoms with van der Waals surface area (Å²) in [6, 6.07) is 12.5. The number of carbonyl (C=O) groups is 1. The van der Waals surface area contributed by atoms with Crippen molar-refractivity contribution in [3.63, 3.8) is 0 Å². The smallest absolute Gasteiger partial charge is 0.291 e. The highest BCUT2D eigenvalue weighted by molar-refractivity contribution is 7.89. The van der Waals surface area contributed by atoms with Gasteiger partial charge >= 0.3 is 0 Å². The summed E-state index contributed by atoms with van der Waals surface area (Å²) >= 11 is 0. The van der Waals surface area contributed by atoms with Crippen LogP contribution in [0.15, 0.2) is 68.8 Å². The summed E-state index contributed by atoms with van der Waals surface area (Å²) in [4.78, 5) is 24.4. The number of rotatable bonds is 6. The number of nitrogens with zero attached hydrogens (tertiary/aromatic N) is 2. The first kappa shape index (κ1) is 20.6. The van der Waals surface area contributed by atoms with Gasteiger partial charge in [0, 0.05) is 32.0 Å². The molecule has 0 spiro atoms. The molecule has 0 saturated heterocycles. The van der Waals surface area contributed by atoms with Crippen LogP contribution >= 0.6 is 0 Å². The first-order chi connectivity index (χ1) is 13.7. The molecule has 0 atom stereocenters. The first-order valence-electron chi connectivity index (χ1n) is 8.77. The van der Waals surface area contributed by atoms with Crippen molar-refractivity contribution in [1.29, 1.82) is 0 Å². The molecule has 1 amide bonds. The number of carbonyl (C=O) groups excluding carboxylic acids is 1. The average molecular weight is 415 g/mol. The molecule has 1 aromatic carbocycles. The monoisotopic (exact) mass is 415 g/mol. The minimum Gasteiger partial charge on any atom is -0.454 e. The lowest BCUT2D eigenvalue weighted by atomic mass is 10.2. The lowest BCUT2D eigenvalue weighted by Gasteiger charge is -2.14. The standard InChI is InChI=1S/C20H21N3O5S/c1-14-7-9-16(29(26,27)22(2)3)12-17(14)21-20(25)18-10-8-15(28-18)13-23-11-5-4-6-19(23)24/h4-12H,13H2,1-3H3,(H,21,25). The number of sulfonamides is 1. The number of hydrogen-bond acceptors (Lipinski definition) is 5. The number of aryl methyl sites for hydroxylation is 1. The van der Waals surface area contributed by atoms with E-state index in [2.05, 4.69) is 5.32 Å². The highest BCUT2D eigenvalue weighted by atomic mass is 32.2. The Morgan fingerprint density at radius 3 is 2.59 bits per heavy atom. The summed E-state index contributed by atoms with van der Waals surface area (Å²) in [7, 11) is -0.744. The van der Waals surface area contributed by atoms with Gasteiger partial charge < -0.3 is 14.3 Å². The fraction of sp³-hybridized carbons (Fsp3) is 0.200. The van der Waals surface area contributed by atoms with Gasteiger partial charge in [-0.25, -0.2) is 12.7 Å². The van der Waals surface area contributed by atoms with Crippen molar-refractivity contribution >= 4 is 21.6 Å². The molecule has 152 valence electrons. The number of anilines is 1. The first-order valence-corrected chi connectivity index (χ1v) is 10.2. The number of amides is 1. The van der Waals surface area contributed by atoms with Crippen molar-refractivity contribution in [3.05, 3.63) is 82.2 Å². The number of hydrogen-bond donors (Lipinski definition) is 1. The van der Waals surface area contributed by atoms with Gasteiger partial charge in [0.15, 0.2) is 5.76 Å². The highest BCUT2D eigenvalue weighted by Gasteiger charge is 2.19. The maximum absolute atomic E-state index is 12.6. The zero-order valence-corrected chi connectivity index (χ0v) is 17.1. The van der Waals surface area contributed by atoms with E-state index >= 15 is 0 Å². The second-order valence-corrected chi connectivity index (χ2v) is 8.80. The van der Waals surface area contributed by atoms with Gasteiger partial charge in [-0.2, -0.15) is 0 Å². The summed E-state index contributed by atoms with van der Waals surface area (Å²) < 4.78 is 32.8. The third-order valence-corrected chi connectivity index (χ3v) is 6.16. The van der Waals surface area contributed by atoms with Gasteiger partial charge in [-0.3, -0.25) is 9.59 Å². The van der Waals surface area contributed by atoms with Crippen molar-refractivity contribution in [2.24, 2.45) is 0 Å². The maximum Gasteiger partial charge on any atom is 0.291 e. The van der Waals surface area contributed by atoms with Gasteiger partial charge in [0.1, 0.15) is 5.76 Å². The normalized spacial score (nSPS) is 11.6. The Kier molecular flexibility index (Phi) is 5.71. The Morgan fingerprint density at radius 2 is 1.90 bits per heavy atom. The molecule has 0 unspecified atom stereocenters. The van der Waals surface area contributed by atoms with E-state index in [1.54, 1.807) is 37.4 Å². The van der Waals surface area contributed by atoms with Gasteiger partial charge in [-0.05, 0) is 42.8 Å². The Labute approximate surface area is 168 Å². The fourth-order valence-electron chi connectivity index (χ4n) is 2.64. The number of pyridine rings is 1. The molecule has 0 bridgehead atoms. The lowest BCUT2D eigenvalue weighted by Crippen LogP contribution is -2.22. The van der Waals surface area contributed by atoms with Crippen LogP contribution in [-0.4, -0.2) is 37.3 Å². The van der Waals surface area contributed by atoms with Crippen LogP contribution < -0.4 is 10.9 Å². The predicted molar refractivity (Wildman–Crippen MR) is 109 cm³/mol. The van der Waals surface area contributed by atoms with E-state index in [4.69, 9.17) is 4.42 Å². The number of benzene rings is 1. The highest BCUT2D eigenvalue weighted by Crippen LogP contribution is 2.23. The molecule has 0 aliphatic carbocycles.